The third kappa shape index (κ3) is 3.20. The number of hydrogen-bond acceptors (Lipinski definition) is 5. The number of hydrogen-bond donors (Lipinski definition) is 3. The van der Waals surface area contributed by atoms with Gasteiger partial charge in [0.1, 0.15) is 5.84 Å². The number of rotatable bonds is 7. The summed E-state index contributed by atoms with van der Waals surface area (Å²) in [5.74, 6) is 0.603. The lowest BCUT2D eigenvalue weighted by Crippen LogP contribution is -2.31. The molecule has 1 rings (SSSR count). The van der Waals surface area contributed by atoms with Crippen LogP contribution in [0.1, 0.15) is 37.6 Å². The van der Waals surface area contributed by atoms with Crippen molar-refractivity contribution in [2.24, 2.45) is 5.73 Å². The maximum absolute atomic E-state index is 9.11. The highest BCUT2D eigenvalue weighted by Gasteiger charge is 2.20. The monoisotopic (exact) mass is 265 g/mol. The van der Waals surface area contributed by atoms with Gasteiger partial charge in [-0.1, -0.05) is 13.8 Å². The molecule has 0 aliphatic heterocycles. The molecule has 1 aromatic heterocycles. The topological polar surface area (TPSA) is 99.1 Å². The molecule has 19 heavy (non-hydrogen) atoms. The Morgan fingerprint density at radius 3 is 2.37 bits per heavy atom. The van der Waals surface area contributed by atoms with Gasteiger partial charge in [0.2, 0.25) is 0 Å². The summed E-state index contributed by atoms with van der Waals surface area (Å²) < 4.78 is 0. The van der Waals surface area contributed by atoms with Gasteiger partial charge >= 0.3 is 0 Å². The molecule has 6 nitrogen and oxygen atoms in total. The average molecular weight is 265 g/mol. The van der Waals surface area contributed by atoms with Crippen LogP contribution in [0.2, 0.25) is 0 Å². The van der Waals surface area contributed by atoms with Crippen LogP contribution in [-0.4, -0.2) is 40.8 Å². The van der Waals surface area contributed by atoms with Gasteiger partial charge in [-0.15, -0.1) is 5.10 Å². The summed E-state index contributed by atoms with van der Waals surface area (Å²) in [4.78, 5) is 1.89. The van der Waals surface area contributed by atoms with Gasteiger partial charge in [0.15, 0.2) is 5.82 Å². The number of anilines is 1. The van der Waals surface area contributed by atoms with Gasteiger partial charge in [0.25, 0.3) is 0 Å². The zero-order valence-electron chi connectivity index (χ0n) is 11.9. The first kappa shape index (κ1) is 15.4. The largest absolute Gasteiger partial charge is 0.395 e. The summed E-state index contributed by atoms with van der Waals surface area (Å²) in [6, 6.07) is 0. The Labute approximate surface area is 114 Å². The van der Waals surface area contributed by atoms with Crippen LogP contribution in [0.25, 0.3) is 0 Å². The number of nitrogens with two attached hydrogens (primary N) is 1. The van der Waals surface area contributed by atoms with E-state index >= 15 is 0 Å². The Kier molecular flexibility index (Phi) is 5.69. The molecule has 0 fully saturated rings. The van der Waals surface area contributed by atoms with Gasteiger partial charge in [-0.2, -0.15) is 5.10 Å². The summed E-state index contributed by atoms with van der Waals surface area (Å²) in [5.41, 5.74) is 8.26. The minimum absolute atomic E-state index is 0.00726. The summed E-state index contributed by atoms with van der Waals surface area (Å²) >= 11 is 0. The first-order chi connectivity index (χ1) is 9.10. The van der Waals surface area contributed by atoms with E-state index < -0.39 is 0 Å². The molecule has 1 aromatic rings. The van der Waals surface area contributed by atoms with Crippen molar-refractivity contribution in [2.45, 2.75) is 33.6 Å². The third-order valence-electron chi connectivity index (χ3n) is 3.15. The molecule has 0 unspecified atom stereocenters. The van der Waals surface area contributed by atoms with Crippen LogP contribution in [0.3, 0.4) is 0 Å². The second-order valence-electron chi connectivity index (χ2n) is 4.25. The van der Waals surface area contributed by atoms with Crippen molar-refractivity contribution in [3.63, 3.8) is 0 Å². The third-order valence-corrected chi connectivity index (χ3v) is 3.15. The van der Waals surface area contributed by atoms with Crippen LogP contribution in [-0.2, 0) is 12.8 Å². The van der Waals surface area contributed by atoms with Gasteiger partial charge in [-0.05, 0) is 25.3 Å². The van der Waals surface area contributed by atoms with Gasteiger partial charge < -0.3 is 15.7 Å². The first-order valence-corrected chi connectivity index (χ1v) is 6.69. The second kappa shape index (κ2) is 7.04. The molecule has 0 radical (unpaired) electrons. The zero-order chi connectivity index (χ0) is 14.4. The molecule has 0 saturated heterocycles. The lowest BCUT2D eigenvalue weighted by atomic mass is 10.0. The first-order valence-electron chi connectivity index (χ1n) is 6.69. The summed E-state index contributed by atoms with van der Waals surface area (Å²) in [7, 11) is 0. The van der Waals surface area contributed by atoms with Crippen molar-refractivity contribution < 1.29 is 5.11 Å². The Bertz CT molecular complexity index is 447. The van der Waals surface area contributed by atoms with Crippen molar-refractivity contribution in [2.75, 3.05) is 24.6 Å². The Morgan fingerprint density at radius 1 is 1.26 bits per heavy atom. The van der Waals surface area contributed by atoms with Crippen LogP contribution in [0.5, 0.6) is 0 Å². The average Bonchev–Trinajstić information content (AvgIpc) is 2.42. The van der Waals surface area contributed by atoms with E-state index in [9.17, 15) is 0 Å². The van der Waals surface area contributed by atoms with Crippen LogP contribution < -0.4 is 10.6 Å². The lowest BCUT2D eigenvalue weighted by molar-refractivity contribution is 0.302. The highest BCUT2D eigenvalue weighted by Crippen LogP contribution is 2.23. The number of aromatic nitrogens is 2. The molecule has 0 aromatic carbocycles. The number of nitrogen functional groups attached to an aromatic ring is 1. The molecule has 0 saturated carbocycles. The molecule has 0 spiro atoms. The minimum atomic E-state index is 0.00726. The van der Waals surface area contributed by atoms with Crippen molar-refractivity contribution in [3.05, 3.63) is 16.8 Å². The lowest BCUT2D eigenvalue weighted by Gasteiger charge is -2.24. The van der Waals surface area contributed by atoms with Crippen LogP contribution in [0.4, 0.5) is 5.82 Å². The highest BCUT2D eigenvalue weighted by atomic mass is 16.3. The molecule has 0 aliphatic carbocycles. The number of amidine groups is 1. The molecular formula is C13H23N5O. The van der Waals surface area contributed by atoms with E-state index in [0.717, 1.165) is 24.1 Å². The minimum Gasteiger partial charge on any atom is -0.395 e. The van der Waals surface area contributed by atoms with E-state index in [1.165, 1.54) is 0 Å². The number of likely N-dealkylation sites (N-methyl/N-ethyl adjacent to an activating group) is 1. The normalized spacial score (nSPS) is 10.5. The number of nitrogens with zero attached hydrogens (tertiary/aromatic N) is 3. The van der Waals surface area contributed by atoms with E-state index in [1.807, 2.05) is 25.7 Å². The van der Waals surface area contributed by atoms with E-state index in [-0.39, 0.29) is 12.4 Å². The molecule has 0 bridgehead atoms. The predicted octanol–water partition coefficient (Wildman–Crippen LogP) is 0.704. The summed E-state index contributed by atoms with van der Waals surface area (Å²) in [6.07, 6.45) is 1.53. The fourth-order valence-corrected chi connectivity index (χ4v) is 2.20. The second-order valence-corrected chi connectivity index (χ2v) is 4.25. The van der Waals surface area contributed by atoms with Gasteiger partial charge in [0, 0.05) is 13.1 Å². The molecule has 0 aliphatic rings. The predicted molar refractivity (Wildman–Crippen MR) is 76.8 cm³/mol. The Balaban J connectivity index is 3.42. The van der Waals surface area contributed by atoms with Gasteiger partial charge in [0.05, 0.1) is 17.9 Å². The van der Waals surface area contributed by atoms with Gasteiger partial charge in [-0.3, -0.25) is 5.41 Å². The van der Waals surface area contributed by atoms with Crippen LogP contribution >= 0.6 is 0 Å². The maximum Gasteiger partial charge on any atom is 0.162 e. The highest BCUT2D eigenvalue weighted by molar-refractivity contribution is 6.01. The van der Waals surface area contributed by atoms with Crippen molar-refractivity contribution in [1.82, 2.24) is 10.2 Å². The van der Waals surface area contributed by atoms with Crippen LogP contribution in [0, 0.1) is 5.41 Å². The standard InChI is InChI=1S/C13H23N5O/c1-4-9-10(5-2)16-17-13(11(9)12(14)15)18(6-3)7-8-19/h19H,4-8H2,1-3H3,(H3,14,15). The Morgan fingerprint density at radius 2 is 1.95 bits per heavy atom. The molecule has 1 heterocycles. The molecular weight excluding hydrogens is 242 g/mol. The fraction of sp³-hybridized carbons (Fsp3) is 0.615. The number of aliphatic hydroxyl groups is 1. The zero-order valence-corrected chi connectivity index (χ0v) is 11.9. The van der Waals surface area contributed by atoms with E-state index in [4.69, 9.17) is 16.2 Å². The quantitative estimate of drug-likeness (QED) is 0.498. The Hall–Kier alpha value is -1.69. The van der Waals surface area contributed by atoms with Gasteiger partial charge in [-0.25, -0.2) is 0 Å². The SMILES string of the molecule is CCc1nnc(N(CC)CCO)c(C(=N)N)c1CC. The maximum atomic E-state index is 9.11. The molecule has 106 valence electrons. The molecule has 0 atom stereocenters. The summed E-state index contributed by atoms with van der Waals surface area (Å²) in [6.45, 7) is 7.18. The fourth-order valence-electron chi connectivity index (χ4n) is 2.20. The van der Waals surface area contributed by atoms with Crippen molar-refractivity contribution in [1.29, 1.82) is 5.41 Å². The van der Waals surface area contributed by atoms with E-state index in [0.29, 0.717) is 24.5 Å². The molecule has 4 N–H and O–H groups in total. The number of aryl methyl sites for hydroxylation is 1. The summed E-state index contributed by atoms with van der Waals surface area (Å²) in [5, 5.41) is 25.4. The molecule has 6 heteroatoms. The molecule has 0 amide bonds. The number of nitrogens with one attached hydrogen (secondary N) is 1. The smallest absolute Gasteiger partial charge is 0.162 e. The van der Waals surface area contributed by atoms with Crippen molar-refractivity contribution in [3.8, 4) is 0 Å². The van der Waals surface area contributed by atoms with E-state index in [1.54, 1.807) is 0 Å². The van der Waals surface area contributed by atoms with Crippen molar-refractivity contribution >= 4 is 11.7 Å². The number of aliphatic hydroxyl groups excluding tert-OH is 1. The van der Waals surface area contributed by atoms with E-state index in [2.05, 4.69) is 10.2 Å². The van der Waals surface area contributed by atoms with Crippen LogP contribution in [0.15, 0.2) is 0 Å².